The highest BCUT2D eigenvalue weighted by atomic mass is 16.5. The number of unbranched alkanes of at least 4 members (excludes halogenated alkanes) is 21. The van der Waals surface area contributed by atoms with Crippen molar-refractivity contribution in [3.63, 3.8) is 0 Å². The number of ether oxygens (including phenoxy) is 2. The van der Waals surface area contributed by atoms with Crippen LogP contribution in [0.2, 0.25) is 0 Å². The van der Waals surface area contributed by atoms with Crippen molar-refractivity contribution in [1.82, 2.24) is 5.32 Å². The summed E-state index contributed by atoms with van der Waals surface area (Å²) in [5.74, 6) is -0.764. The monoisotopic (exact) mass is 568 g/mol. The summed E-state index contributed by atoms with van der Waals surface area (Å²) in [5.41, 5.74) is 0. The van der Waals surface area contributed by atoms with Gasteiger partial charge in [-0.05, 0) is 19.3 Å². The molecule has 0 aliphatic heterocycles. The van der Waals surface area contributed by atoms with Crippen LogP contribution in [0.25, 0.3) is 0 Å². The molecule has 1 N–H and O–H groups in total. The lowest BCUT2D eigenvalue weighted by molar-refractivity contribution is -0.138. The van der Waals surface area contributed by atoms with Crippen molar-refractivity contribution < 1.29 is 19.1 Å². The standard InChI is InChI=1S/C35H69NO4/c1-4-7-10-13-16-19-22-25-28-34(37)35(38)36-31-33(40-30-27-24-21-18-15-12-9-6-3)32-39-29-26-23-20-17-14-11-8-5-2/h33H,4-32H2,1-3H3,(H,36,38)/t33-/m1/s1. The maximum atomic E-state index is 12.4. The molecule has 0 saturated heterocycles. The number of Topliss-reactive ketones (excluding diaryl/α,β-unsaturated/α-hetero) is 1. The minimum Gasteiger partial charge on any atom is -0.379 e. The molecule has 0 fully saturated rings. The lowest BCUT2D eigenvalue weighted by atomic mass is 10.1. The Balaban J connectivity index is 4.17. The number of rotatable bonds is 33. The lowest BCUT2D eigenvalue weighted by Gasteiger charge is -2.19. The van der Waals surface area contributed by atoms with Crippen molar-refractivity contribution in [1.29, 1.82) is 0 Å². The van der Waals surface area contributed by atoms with Gasteiger partial charge < -0.3 is 14.8 Å². The summed E-state index contributed by atoms with van der Waals surface area (Å²) >= 11 is 0. The normalized spacial score (nSPS) is 12.1. The van der Waals surface area contributed by atoms with Gasteiger partial charge in [-0.25, -0.2) is 0 Å². The molecule has 0 aromatic heterocycles. The summed E-state index contributed by atoms with van der Waals surface area (Å²) in [7, 11) is 0. The molecular weight excluding hydrogens is 498 g/mol. The third-order valence-electron chi connectivity index (χ3n) is 7.80. The van der Waals surface area contributed by atoms with Crippen LogP contribution in [0, 0.1) is 0 Å². The van der Waals surface area contributed by atoms with Gasteiger partial charge in [-0.2, -0.15) is 0 Å². The second-order valence-electron chi connectivity index (χ2n) is 11.9. The molecule has 0 saturated carbocycles. The highest BCUT2D eigenvalue weighted by Gasteiger charge is 2.16. The molecule has 0 aromatic rings. The van der Waals surface area contributed by atoms with Gasteiger partial charge in [-0.1, -0.05) is 156 Å². The van der Waals surface area contributed by atoms with Crippen molar-refractivity contribution in [2.75, 3.05) is 26.4 Å². The molecule has 5 heteroatoms. The van der Waals surface area contributed by atoms with Gasteiger partial charge in [-0.15, -0.1) is 0 Å². The predicted octanol–water partition coefficient (Wildman–Crippen LogP) is 9.89. The van der Waals surface area contributed by atoms with Gasteiger partial charge in [0.2, 0.25) is 5.78 Å². The summed E-state index contributed by atoms with van der Waals surface area (Å²) in [5, 5.41) is 2.83. The number of amides is 1. The number of ketones is 1. The quantitative estimate of drug-likeness (QED) is 0.0633. The lowest BCUT2D eigenvalue weighted by Crippen LogP contribution is -2.39. The van der Waals surface area contributed by atoms with E-state index < -0.39 is 5.91 Å². The van der Waals surface area contributed by atoms with Gasteiger partial charge in [0, 0.05) is 26.2 Å². The first-order valence-corrected chi connectivity index (χ1v) is 17.7. The van der Waals surface area contributed by atoms with Gasteiger partial charge in [0.25, 0.3) is 5.91 Å². The van der Waals surface area contributed by atoms with Crippen LogP contribution in [0.15, 0.2) is 0 Å². The molecule has 5 nitrogen and oxygen atoms in total. The van der Waals surface area contributed by atoms with Crippen molar-refractivity contribution in [2.45, 2.75) is 187 Å². The Labute approximate surface area is 249 Å². The Morgan fingerprint density at radius 1 is 0.525 bits per heavy atom. The van der Waals surface area contributed by atoms with Crippen molar-refractivity contribution in [3.8, 4) is 0 Å². The Kier molecular flexibility index (Phi) is 31.8. The molecule has 0 aliphatic carbocycles. The van der Waals surface area contributed by atoms with E-state index in [9.17, 15) is 9.59 Å². The fraction of sp³-hybridized carbons (Fsp3) is 0.943. The van der Waals surface area contributed by atoms with Crippen molar-refractivity contribution >= 4 is 11.7 Å². The fourth-order valence-corrected chi connectivity index (χ4v) is 5.04. The van der Waals surface area contributed by atoms with Crippen LogP contribution >= 0.6 is 0 Å². The van der Waals surface area contributed by atoms with Gasteiger partial charge >= 0.3 is 0 Å². The Hall–Kier alpha value is -0.940. The minimum atomic E-state index is -0.466. The molecule has 0 radical (unpaired) electrons. The van der Waals surface area contributed by atoms with Gasteiger partial charge in [0.15, 0.2) is 0 Å². The highest BCUT2D eigenvalue weighted by molar-refractivity contribution is 6.36. The van der Waals surface area contributed by atoms with E-state index in [1.165, 1.54) is 122 Å². The average Bonchev–Trinajstić information content (AvgIpc) is 2.96. The number of carbonyl (C=O) groups excluding carboxylic acids is 2. The second kappa shape index (κ2) is 32.6. The molecule has 0 unspecified atom stereocenters. The predicted molar refractivity (Wildman–Crippen MR) is 171 cm³/mol. The number of hydrogen-bond donors (Lipinski definition) is 1. The highest BCUT2D eigenvalue weighted by Crippen LogP contribution is 2.11. The summed E-state index contributed by atoms with van der Waals surface area (Å²) in [6, 6.07) is 0. The molecule has 0 aromatic carbocycles. The maximum absolute atomic E-state index is 12.4. The van der Waals surface area contributed by atoms with E-state index in [-0.39, 0.29) is 11.9 Å². The molecule has 0 aliphatic rings. The maximum Gasteiger partial charge on any atom is 0.287 e. The summed E-state index contributed by atoms with van der Waals surface area (Å²) in [6.07, 6.45) is 29.9. The molecular formula is C35H69NO4. The summed E-state index contributed by atoms with van der Waals surface area (Å²) in [6.45, 7) is 8.97. The second-order valence-corrected chi connectivity index (χ2v) is 11.9. The Morgan fingerprint density at radius 2 is 0.925 bits per heavy atom. The van der Waals surface area contributed by atoms with Crippen LogP contribution in [0.3, 0.4) is 0 Å². The zero-order valence-corrected chi connectivity index (χ0v) is 27.2. The molecule has 0 heterocycles. The SMILES string of the molecule is CCCCCCCCCCOC[C@@H](CNC(=O)C(=O)CCCCCCCCCC)OCCCCCCCCCC. The zero-order valence-electron chi connectivity index (χ0n) is 27.2. The molecule has 238 valence electrons. The van der Waals surface area contributed by atoms with Gasteiger partial charge in [0.1, 0.15) is 0 Å². The van der Waals surface area contributed by atoms with Crippen LogP contribution in [0.1, 0.15) is 181 Å². The van der Waals surface area contributed by atoms with E-state index in [2.05, 4.69) is 26.1 Å². The van der Waals surface area contributed by atoms with E-state index in [1.54, 1.807) is 0 Å². The average molecular weight is 568 g/mol. The molecule has 1 atom stereocenters. The number of carbonyl (C=O) groups is 2. The molecule has 1 amide bonds. The van der Waals surface area contributed by atoms with Crippen LogP contribution in [-0.2, 0) is 19.1 Å². The summed E-state index contributed by atoms with van der Waals surface area (Å²) in [4.78, 5) is 24.7. The fourth-order valence-electron chi connectivity index (χ4n) is 5.04. The first kappa shape index (κ1) is 39.1. The molecule has 40 heavy (non-hydrogen) atoms. The Bertz CT molecular complexity index is 539. The Morgan fingerprint density at radius 3 is 1.40 bits per heavy atom. The first-order chi connectivity index (χ1) is 19.7. The minimum absolute atomic E-state index is 0.196. The van der Waals surface area contributed by atoms with Gasteiger partial charge in [0.05, 0.1) is 12.7 Å². The van der Waals surface area contributed by atoms with Crippen LogP contribution in [-0.4, -0.2) is 44.2 Å². The van der Waals surface area contributed by atoms with E-state index in [1.807, 2.05) is 0 Å². The first-order valence-electron chi connectivity index (χ1n) is 17.7. The van der Waals surface area contributed by atoms with Crippen molar-refractivity contribution in [2.24, 2.45) is 0 Å². The molecule has 0 spiro atoms. The van der Waals surface area contributed by atoms with E-state index >= 15 is 0 Å². The largest absolute Gasteiger partial charge is 0.379 e. The topological polar surface area (TPSA) is 64.6 Å². The third-order valence-corrected chi connectivity index (χ3v) is 7.80. The number of nitrogens with one attached hydrogen (secondary N) is 1. The molecule has 0 bridgehead atoms. The van der Waals surface area contributed by atoms with Crippen LogP contribution < -0.4 is 5.32 Å². The smallest absolute Gasteiger partial charge is 0.287 e. The van der Waals surface area contributed by atoms with Gasteiger partial charge in [-0.3, -0.25) is 9.59 Å². The van der Waals surface area contributed by atoms with E-state index in [0.29, 0.717) is 26.2 Å². The van der Waals surface area contributed by atoms with Crippen LogP contribution in [0.5, 0.6) is 0 Å². The molecule has 0 rings (SSSR count). The number of hydrogen-bond acceptors (Lipinski definition) is 4. The van der Waals surface area contributed by atoms with Crippen LogP contribution in [0.4, 0.5) is 0 Å². The van der Waals surface area contributed by atoms with E-state index in [0.717, 1.165) is 38.7 Å². The third kappa shape index (κ3) is 28.6. The van der Waals surface area contributed by atoms with E-state index in [4.69, 9.17) is 9.47 Å². The zero-order chi connectivity index (χ0) is 29.4. The van der Waals surface area contributed by atoms with Crippen molar-refractivity contribution in [3.05, 3.63) is 0 Å². The summed E-state index contributed by atoms with van der Waals surface area (Å²) < 4.78 is 12.0.